The molecule has 0 spiro atoms. The maximum Gasteiger partial charge on any atom is 0.334 e. The van der Waals surface area contributed by atoms with Crippen LogP contribution in [0.1, 0.15) is 10.4 Å². The van der Waals surface area contributed by atoms with Crippen molar-refractivity contribution in [1.29, 1.82) is 0 Å². The number of ether oxygens (including phenoxy) is 1. The van der Waals surface area contributed by atoms with Gasteiger partial charge < -0.3 is 10.1 Å². The second-order valence-corrected chi connectivity index (χ2v) is 9.70. The number of carbonyl (C=O) groups is 2. The van der Waals surface area contributed by atoms with Gasteiger partial charge in [-0.1, -0.05) is 15.9 Å². The number of halogens is 1. The molecule has 0 unspecified atom stereocenters. The first-order chi connectivity index (χ1) is 13.6. The Morgan fingerprint density at radius 1 is 1.17 bits per heavy atom. The summed E-state index contributed by atoms with van der Waals surface area (Å²) in [6.45, 7) is 2.27. The van der Waals surface area contributed by atoms with Gasteiger partial charge in [-0.05, 0) is 30.7 Å². The average Bonchev–Trinajstić information content (AvgIpc) is 3.00. The topological polar surface area (TPSA) is 139 Å². The Morgan fingerprint density at radius 2 is 1.79 bits per heavy atom. The maximum atomic E-state index is 12.5. The van der Waals surface area contributed by atoms with E-state index in [2.05, 4.69) is 36.9 Å². The molecule has 2 rings (SSSR count). The van der Waals surface area contributed by atoms with Gasteiger partial charge in [0.25, 0.3) is 10.0 Å². The van der Waals surface area contributed by atoms with Crippen molar-refractivity contribution >= 4 is 61.0 Å². The summed E-state index contributed by atoms with van der Waals surface area (Å²) in [7, 11) is -1.04. The Kier molecular flexibility index (Phi) is 7.96. The zero-order valence-corrected chi connectivity index (χ0v) is 19.0. The zero-order chi connectivity index (χ0) is 21.6. The van der Waals surface area contributed by atoms with Crippen molar-refractivity contribution in [3.8, 4) is 0 Å². The van der Waals surface area contributed by atoms with Gasteiger partial charge in [0.1, 0.15) is 15.8 Å². The third-order valence-corrected chi connectivity index (χ3v) is 7.08. The fourth-order valence-electron chi connectivity index (χ4n) is 2.18. The molecular formula is C16H20BrN5O5S2. The molecule has 0 bridgehead atoms. The molecule has 0 radical (unpaired) electrons. The summed E-state index contributed by atoms with van der Waals surface area (Å²) in [4.78, 5) is 28.5. The van der Waals surface area contributed by atoms with Gasteiger partial charge in [-0.3, -0.25) is 10.6 Å². The molecule has 0 fully saturated rings. The monoisotopic (exact) mass is 505 g/mol. The zero-order valence-electron chi connectivity index (χ0n) is 15.8. The highest BCUT2D eigenvalue weighted by molar-refractivity contribution is 9.10. The number of pyridine rings is 1. The van der Waals surface area contributed by atoms with Crippen LogP contribution in [0, 0.1) is 6.92 Å². The van der Waals surface area contributed by atoms with E-state index in [9.17, 15) is 18.0 Å². The molecule has 13 heteroatoms. The van der Waals surface area contributed by atoms with Gasteiger partial charge in [0.15, 0.2) is 0 Å². The van der Waals surface area contributed by atoms with Gasteiger partial charge in [-0.15, -0.1) is 11.3 Å². The number of anilines is 2. The fourth-order valence-corrected chi connectivity index (χ4v) is 5.09. The van der Waals surface area contributed by atoms with Crippen LogP contribution in [-0.2, 0) is 21.2 Å². The molecule has 4 N–H and O–H groups in total. The van der Waals surface area contributed by atoms with Gasteiger partial charge in [-0.25, -0.2) is 27.7 Å². The largest absolute Gasteiger partial charge is 0.384 e. The fraction of sp³-hybridized carbons (Fsp3) is 0.312. The summed E-state index contributed by atoms with van der Waals surface area (Å²) in [5.74, 6) is 0.204. The van der Waals surface area contributed by atoms with E-state index in [1.807, 2.05) is 4.72 Å². The molecule has 2 heterocycles. The van der Waals surface area contributed by atoms with Crippen LogP contribution in [-0.4, -0.2) is 46.2 Å². The summed E-state index contributed by atoms with van der Waals surface area (Å²) in [5, 5.41) is 7.17. The van der Waals surface area contributed by atoms with Crippen molar-refractivity contribution in [2.45, 2.75) is 17.6 Å². The lowest BCUT2D eigenvalue weighted by Crippen LogP contribution is -2.34. The lowest BCUT2D eigenvalue weighted by Gasteiger charge is -2.09. The van der Waals surface area contributed by atoms with Crippen LogP contribution >= 0.6 is 27.3 Å². The summed E-state index contributed by atoms with van der Waals surface area (Å²) < 4.78 is 32.5. The number of urea groups is 2. The molecule has 0 aromatic carbocycles. The van der Waals surface area contributed by atoms with Crippen LogP contribution in [0.25, 0.3) is 0 Å². The molecule has 0 saturated heterocycles. The van der Waals surface area contributed by atoms with Crippen LogP contribution in [0.15, 0.2) is 26.9 Å². The molecule has 2 aromatic rings. The van der Waals surface area contributed by atoms with E-state index in [0.29, 0.717) is 17.5 Å². The van der Waals surface area contributed by atoms with Gasteiger partial charge in [-0.2, -0.15) is 0 Å². The maximum absolute atomic E-state index is 12.5. The molecule has 29 heavy (non-hydrogen) atoms. The smallest absolute Gasteiger partial charge is 0.334 e. The van der Waals surface area contributed by atoms with Crippen LogP contribution in [0.3, 0.4) is 0 Å². The number of amides is 4. The molecule has 0 saturated carbocycles. The Hall–Kier alpha value is -2.22. The standard InChI is InChI=1S/C16H20BrN5O5S2/c1-9-6-14(28-11(9)4-5-27-3)29(25,26)22-16(24)21-13-8-10(17)7-12(19-13)20-15(23)18-2/h6-8H,4-5H2,1-3H3,(H4,18,19,20,21,22,23,24). The van der Waals surface area contributed by atoms with E-state index in [1.165, 1.54) is 25.2 Å². The predicted octanol–water partition coefficient (Wildman–Crippen LogP) is 2.66. The van der Waals surface area contributed by atoms with E-state index < -0.39 is 22.1 Å². The number of carbonyl (C=O) groups excluding carboxylic acids is 2. The van der Waals surface area contributed by atoms with Crippen molar-refractivity contribution in [2.75, 3.05) is 31.4 Å². The molecule has 0 aliphatic carbocycles. The van der Waals surface area contributed by atoms with E-state index >= 15 is 0 Å². The molecule has 0 aliphatic rings. The summed E-state index contributed by atoms with van der Waals surface area (Å²) in [6, 6.07) is 3.01. The minimum atomic E-state index is -4.05. The Labute approximate surface area is 180 Å². The summed E-state index contributed by atoms with van der Waals surface area (Å²) in [6.07, 6.45) is 0.581. The van der Waals surface area contributed by atoms with Crippen LogP contribution in [0.5, 0.6) is 0 Å². The SMILES string of the molecule is CNC(=O)Nc1cc(Br)cc(NC(=O)NS(=O)(=O)c2cc(C)c(CCOC)s2)n1. The highest BCUT2D eigenvalue weighted by atomic mass is 79.9. The molecule has 10 nitrogen and oxygen atoms in total. The van der Waals surface area contributed by atoms with Crippen LogP contribution < -0.4 is 20.7 Å². The number of hydrogen-bond acceptors (Lipinski definition) is 7. The van der Waals surface area contributed by atoms with E-state index in [0.717, 1.165) is 21.8 Å². The number of thiophene rings is 1. The van der Waals surface area contributed by atoms with Crippen molar-refractivity contribution in [1.82, 2.24) is 15.0 Å². The van der Waals surface area contributed by atoms with Gasteiger partial charge in [0.05, 0.1) is 6.61 Å². The number of aryl methyl sites for hydroxylation is 1. The van der Waals surface area contributed by atoms with Crippen molar-refractivity contribution in [3.05, 3.63) is 33.1 Å². The first-order valence-corrected chi connectivity index (χ1v) is 11.3. The minimum absolute atomic E-state index is 0.0282. The molecule has 158 valence electrons. The Morgan fingerprint density at radius 3 is 2.38 bits per heavy atom. The number of aromatic nitrogens is 1. The third-order valence-electron chi connectivity index (χ3n) is 3.52. The normalized spacial score (nSPS) is 11.0. The molecule has 4 amide bonds. The highest BCUT2D eigenvalue weighted by Crippen LogP contribution is 2.26. The van der Waals surface area contributed by atoms with Crippen molar-refractivity contribution in [2.24, 2.45) is 0 Å². The number of rotatable bonds is 7. The average molecular weight is 506 g/mol. The van der Waals surface area contributed by atoms with Gasteiger partial charge >= 0.3 is 12.1 Å². The van der Waals surface area contributed by atoms with Crippen LogP contribution in [0.2, 0.25) is 0 Å². The second-order valence-electron chi connectivity index (χ2n) is 5.73. The lowest BCUT2D eigenvalue weighted by molar-refractivity contribution is 0.203. The first-order valence-electron chi connectivity index (χ1n) is 8.23. The lowest BCUT2D eigenvalue weighted by atomic mass is 10.2. The number of sulfonamides is 1. The quantitative estimate of drug-likeness (QED) is 0.456. The summed E-state index contributed by atoms with van der Waals surface area (Å²) >= 11 is 4.31. The number of nitrogens with zero attached hydrogens (tertiary/aromatic N) is 1. The Balaban J connectivity index is 2.11. The molecule has 0 aliphatic heterocycles. The van der Waals surface area contributed by atoms with Crippen LogP contribution in [0.4, 0.5) is 21.2 Å². The minimum Gasteiger partial charge on any atom is -0.384 e. The van der Waals surface area contributed by atoms with Crippen molar-refractivity contribution in [3.63, 3.8) is 0 Å². The van der Waals surface area contributed by atoms with E-state index in [4.69, 9.17) is 4.74 Å². The molecular weight excluding hydrogens is 486 g/mol. The number of nitrogens with one attached hydrogen (secondary N) is 4. The predicted molar refractivity (Wildman–Crippen MR) is 114 cm³/mol. The number of methoxy groups -OCH3 is 1. The second kappa shape index (κ2) is 10.0. The van der Waals surface area contributed by atoms with E-state index in [1.54, 1.807) is 14.0 Å². The Bertz CT molecular complexity index is 1010. The molecule has 0 atom stereocenters. The molecule has 2 aromatic heterocycles. The first kappa shape index (κ1) is 23.1. The third kappa shape index (κ3) is 6.66. The summed E-state index contributed by atoms with van der Waals surface area (Å²) in [5.41, 5.74) is 0.811. The van der Waals surface area contributed by atoms with Gasteiger partial charge in [0, 0.05) is 29.9 Å². The number of hydrogen-bond donors (Lipinski definition) is 4. The van der Waals surface area contributed by atoms with E-state index in [-0.39, 0.29) is 15.8 Å². The van der Waals surface area contributed by atoms with Crippen molar-refractivity contribution < 1.29 is 22.7 Å². The van der Waals surface area contributed by atoms with Gasteiger partial charge in [0.2, 0.25) is 0 Å². The highest BCUT2D eigenvalue weighted by Gasteiger charge is 2.22.